The Morgan fingerprint density at radius 1 is 1.44 bits per heavy atom. The summed E-state index contributed by atoms with van der Waals surface area (Å²) < 4.78 is 0. The van der Waals surface area contributed by atoms with Crippen LogP contribution in [0.2, 0.25) is 0 Å². The summed E-state index contributed by atoms with van der Waals surface area (Å²) in [5.41, 5.74) is 7.40. The summed E-state index contributed by atoms with van der Waals surface area (Å²) in [7, 11) is 2.03. The van der Waals surface area contributed by atoms with Gasteiger partial charge in [-0.3, -0.25) is 9.88 Å². The van der Waals surface area contributed by atoms with Gasteiger partial charge in [-0.05, 0) is 38.1 Å². The average molecular weight is 246 g/mol. The van der Waals surface area contributed by atoms with E-state index in [1.807, 2.05) is 19.2 Å². The fraction of sp³-hybridized carbons (Fsp3) is 0.571. The maximum absolute atomic E-state index is 8.82. The van der Waals surface area contributed by atoms with Crippen molar-refractivity contribution in [3.8, 4) is 6.07 Å². The van der Waals surface area contributed by atoms with Crippen LogP contribution in [-0.4, -0.2) is 29.0 Å². The Morgan fingerprint density at radius 3 is 2.56 bits per heavy atom. The van der Waals surface area contributed by atoms with Crippen LogP contribution in [0.5, 0.6) is 0 Å². The SMILES string of the molecule is CCC(N)C(c1ccncc1)N(C)C(C)CC#N. The Kier molecular flexibility index (Phi) is 5.76. The van der Waals surface area contributed by atoms with E-state index in [-0.39, 0.29) is 18.1 Å². The molecule has 0 aliphatic rings. The molecule has 1 rings (SSSR count). The fourth-order valence-corrected chi connectivity index (χ4v) is 2.12. The van der Waals surface area contributed by atoms with E-state index >= 15 is 0 Å². The highest BCUT2D eigenvalue weighted by molar-refractivity contribution is 5.17. The van der Waals surface area contributed by atoms with Gasteiger partial charge in [0.2, 0.25) is 0 Å². The number of aromatic nitrogens is 1. The predicted octanol–water partition coefficient (Wildman–Crippen LogP) is 2.09. The van der Waals surface area contributed by atoms with Crippen molar-refractivity contribution in [3.05, 3.63) is 30.1 Å². The second kappa shape index (κ2) is 7.10. The van der Waals surface area contributed by atoms with Gasteiger partial charge in [0, 0.05) is 30.5 Å². The summed E-state index contributed by atoms with van der Waals surface area (Å²) in [5.74, 6) is 0. The summed E-state index contributed by atoms with van der Waals surface area (Å²) in [4.78, 5) is 6.23. The van der Waals surface area contributed by atoms with Gasteiger partial charge in [-0.25, -0.2) is 0 Å². The van der Waals surface area contributed by atoms with Gasteiger partial charge in [-0.2, -0.15) is 5.26 Å². The van der Waals surface area contributed by atoms with E-state index in [1.54, 1.807) is 12.4 Å². The summed E-state index contributed by atoms with van der Waals surface area (Å²) in [6.07, 6.45) is 4.98. The number of hydrogen-bond acceptors (Lipinski definition) is 4. The lowest BCUT2D eigenvalue weighted by Gasteiger charge is -2.36. The van der Waals surface area contributed by atoms with E-state index in [0.29, 0.717) is 6.42 Å². The van der Waals surface area contributed by atoms with Crippen LogP contribution in [-0.2, 0) is 0 Å². The topological polar surface area (TPSA) is 65.9 Å². The number of likely N-dealkylation sites (N-methyl/N-ethyl adjacent to an activating group) is 1. The van der Waals surface area contributed by atoms with Gasteiger partial charge >= 0.3 is 0 Å². The summed E-state index contributed by atoms with van der Waals surface area (Å²) in [5, 5.41) is 8.82. The zero-order chi connectivity index (χ0) is 13.5. The third-order valence-corrected chi connectivity index (χ3v) is 3.45. The summed E-state index contributed by atoms with van der Waals surface area (Å²) in [6, 6.07) is 6.57. The number of nitrogens with two attached hydrogens (primary N) is 1. The molecule has 0 aliphatic heterocycles. The van der Waals surface area contributed by atoms with Crippen molar-refractivity contribution < 1.29 is 0 Å². The number of rotatable bonds is 6. The largest absolute Gasteiger partial charge is 0.326 e. The van der Waals surface area contributed by atoms with Gasteiger partial charge in [-0.15, -0.1) is 0 Å². The average Bonchev–Trinajstić information content (AvgIpc) is 2.40. The lowest BCUT2D eigenvalue weighted by atomic mass is 9.96. The normalized spacial score (nSPS) is 16.0. The lowest BCUT2D eigenvalue weighted by Crippen LogP contribution is -2.42. The number of pyridine rings is 1. The molecule has 2 N–H and O–H groups in total. The Labute approximate surface area is 109 Å². The van der Waals surface area contributed by atoms with E-state index in [0.717, 1.165) is 12.0 Å². The number of hydrogen-bond donors (Lipinski definition) is 1. The van der Waals surface area contributed by atoms with Crippen molar-refractivity contribution in [2.24, 2.45) is 5.73 Å². The quantitative estimate of drug-likeness (QED) is 0.834. The third-order valence-electron chi connectivity index (χ3n) is 3.45. The molecule has 0 aliphatic carbocycles. The Balaban J connectivity index is 2.96. The van der Waals surface area contributed by atoms with Gasteiger partial charge in [-0.1, -0.05) is 6.92 Å². The Hall–Kier alpha value is -1.44. The van der Waals surface area contributed by atoms with Gasteiger partial charge in [0.15, 0.2) is 0 Å². The highest BCUT2D eigenvalue weighted by Crippen LogP contribution is 2.25. The first-order valence-electron chi connectivity index (χ1n) is 6.36. The number of nitrogens with zero attached hydrogens (tertiary/aromatic N) is 3. The van der Waals surface area contributed by atoms with Crippen LogP contribution in [0.25, 0.3) is 0 Å². The monoisotopic (exact) mass is 246 g/mol. The lowest BCUT2D eigenvalue weighted by molar-refractivity contribution is 0.160. The fourth-order valence-electron chi connectivity index (χ4n) is 2.12. The van der Waals surface area contributed by atoms with Gasteiger partial charge in [0.25, 0.3) is 0 Å². The van der Waals surface area contributed by atoms with Crippen molar-refractivity contribution in [1.82, 2.24) is 9.88 Å². The first-order chi connectivity index (χ1) is 8.61. The molecule has 3 unspecified atom stereocenters. The van der Waals surface area contributed by atoms with Gasteiger partial charge in [0.1, 0.15) is 0 Å². The Bertz CT molecular complexity index is 385. The van der Waals surface area contributed by atoms with Crippen LogP contribution < -0.4 is 5.73 Å². The van der Waals surface area contributed by atoms with Crippen molar-refractivity contribution >= 4 is 0 Å². The first-order valence-corrected chi connectivity index (χ1v) is 6.36. The zero-order valence-corrected chi connectivity index (χ0v) is 11.4. The minimum absolute atomic E-state index is 0.0542. The molecule has 18 heavy (non-hydrogen) atoms. The highest BCUT2D eigenvalue weighted by Gasteiger charge is 2.26. The van der Waals surface area contributed by atoms with Crippen molar-refractivity contribution in [2.45, 2.75) is 44.8 Å². The molecule has 0 radical (unpaired) electrons. The van der Waals surface area contributed by atoms with E-state index in [1.165, 1.54) is 0 Å². The molecule has 3 atom stereocenters. The van der Waals surface area contributed by atoms with E-state index in [9.17, 15) is 0 Å². The van der Waals surface area contributed by atoms with E-state index < -0.39 is 0 Å². The molecule has 0 bridgehead atoms. The molecule has 4 nitrogen and oxygen atoms in total. The second-order valence-corrected chi connectivity index (χ2v) is 4.67. The minimum atomic E-state index is 0.0542. The molecule has 1 aromatic heterocycles. The molecule has 4 heteroatoms. The van der Waals surface area contributed by atoms with Crippen molar-refractivity contribution in [2.75, 3.05) is 7.05 Å². The van der Waals surface area contributed by atoms with Crippen LogP contribution >= 0.6 is 0 Å². The molecule has 0 saturated heterocycles. The van der Waals surface area contributed by atoms with Crippen LogP contribution in [0.4, 0.5) is 0 Å². The van der Waals surface area contributed by atoms with E-state index in [2.05, 4.69) is 29.8 Å². The molecular formula is C14H22N4. The van der Waals surface area contributed by atoms with Crippen LogP contribution in [0.1, 0.15) is 38.3 Å². The molecule has 1 heterocycles. The number of nitriles is 1. The molecule has 0 amide bonds. The first kappa shape index (κ1) is 14.6. The van der Waals surface area contributed by atoms with Crippen LogP contribution in [0.15, 0.2) is 24.5 Å². The second-order valence-electron chi connectivity index (χ2n) is 4.67. The molecule has 1 aromatic rings. The summed E-state index contributed by atoms with van der Waals surface area (Å²) >= 11 is 0. The highest BCUT2D eigenvalue weighted by atomic mass is 15.2. The smallest absolute Gasteiger partial charge is 0.0638 e. The third kappa shape index (κ3) is 3.52. The molecule has 98 valence electrons. The molecule has 0 spiro atoms. The summed E-state index contributed by atoms with van der Waals surface area (Å²) in [6.45, 7) is 4.14. The maximum Gasteiger partial charge on any atom is 0.0638 e. The van der Waals surface area contributed by atoms with Crippen molar-refractivity contribution in [3.63, 3.8) is 0 Å². The predicted molar refractivity (Wildman–Crippen MR) is 72.7 cm³/mol. The molecule has 0 aromatic carbocycles. The maximum atomic E-state index is 8.82. The standard InChI is InChI=1S/C14H22N4/c1-4-13(16)14(12-6-9-17-10-7-12)18(3)11(2)5-8-15/h6-7,9-11,13-14H,4-5,16H2,1-3H3. The zero-order valence-electron chi connectivity index (χ0n) is 11.4. The molecular weight excluding hydrogens is 224 g/mol. The van der Waals surface area contributed by atoms with Crippen LogP contribution in [0.3, 0.4) is 0 Å². The van der Waals surface area contributed by atoms with Crippen LogP contribution in [0, 0.1) is 11.3 Å². The van der Waals surface area contributed by atoms with Gasteiger partial charge < -0.3 is 5.73 Å². The molecule has 0 fully saturated rings. The van der Waals surface area contributed by atoms with Gasteiger partial charge in [0.05, 0.1) is 12.5 Å². The van der Waals surface area contributed by atoms with Crippen molar-refractivity contribution in [1.29, 1.82) is 5.26 Å². The van der Waals surface area contributed by atoms with E-state index in [4.69, 9.17) is 11.0 Å². The Morgan fingerprint density at radius 2 is 2.06 bits per heavy atom. The molecule has 0 saturated carbocycles. The minimum Gasteiger partial charge on any atom is -0.326 e.